The standard InChI is InChI=1S/C13H21N3O2/c1-10-3-4-11(14)12(9-10)15-6-5-13(17)16-7-8-18-2/h3-4,9,15H,5-8,14H2,1-2H3,(H,16,17). The number of ether oxygens (including phenoxy) is 1. The summed E-state index contributed by atoms with van der Waals surface area (Å²) in [4.78, 5) is 11.4. The molecule has 0 atom stereocenters. The van der Waals surface area contributed by atoms with Gasteiger partial charge in [-0.1, -0.05) is 6.07 Å². The smallest absolute Gasteiger partial charge is 0.221 e. The summed E-state index contributed by atoms with van der Waals surface area (Å²) in [6.45, 7) is 3.64. The van der Waals surface area contributed by atoms with Gasteiger partial charge in [-0.05, 0) is 24.6 Å². The molecule has 18 heavy (non-hydrogen) atoms. The Morgan fingerprint density at radius 3 is 2.89 bits per heavy atom. The Morgan fingerprint density at radius 2 is 2.17 bits per heavy atom. The lowest BCUT2D eigenvalue weighted by molar-refractivity contribution is -0.121. The molecule has 5 heteroatoms. The highest BCUT2D eigenvalue weighted by Gasteiger charge is 2.02. The molecule has 0 bridgehead atoms. The van der Waals surface area contributed by atoms with Gasteiger partial charge in [0.2, 0.25) is 5.91 Å². The first-order valence-electron chi connectivity index (χ1n) is 5.99. The summed E-state index contributed by atoms with van der Waals surface area (Å²) in [5, 5.41) is 5.92. The van der Waals surface area contributed by atoms with Crippen molar-refractivity contribution in [1.82, 2.24) is 5.32 Å². The first-order chi connectivity index (χ1) is 8.63. The summed E-state index contributed by atoms with van der Waals surface area (Å²) in [7, 11) is 1.61. The zero-order valence-electron chi connectivity index (χ0n) is 11.0. The molecular formula is C13H21N3O2. The van der Waals surface area contributed by atoms with Gasteiger partial charge in [0.15, 0.2) is 0 Å². The van der Waals surface area contributed by atoms with Crippen molar-refractivity contribution in [1.29, 1.82) is 0 Å². The van der Waals surface area contributed by atoms with E-state index in [2.05, 4.69) is 10.6 Å². The highest BCUT2D eigenvalue weighted by atomic mass is 16.5. The Bertz CT molecular complexity index is 394. The molecule has 0 aromatic heterocycles. The number of hydrogen-bond acceptors (Lipinski definition) is 4. The fourth-order valence-electron chi connectivity index (χ4n) is 1.51. The molecule has 0 aliphatic rings. The van der Waals surface area contributed by atoms with Gasteiger partial charge in [-0.3, -0.25) is 4.79 Å². The summed E-state index contributed by atoms with van der Waals surface area (Å²) in [5.74, 6) is 0.00535. The van der Waals surface area contributed by atoms with Crippen LogP contribution in [0.2, 0.25) is 0 Å². The zero-order chi connectivity index (χ0) is 13.4. The number of nitrogens with two attached hydrogens (primary N) is 1. The summed E-state index contributed by atoms with van der Waals surface area (Å²) in [6, 6.07) is 5.78. The monoisotopic (exact) mass is 251 g/mol. The maximum Gasteiger partial charge on any atom is 0.221 e. The number of amides is 1. The van der Waals surface area contributed by atoms with Crippen molar-refractivity contribution in [2.75, 3.05) is 37.9 Å². The molecule has 5 nitrogen and oxygen atoms in total. The number of benzene rings is 1. The normalized spacial score (nSPS) is 10.1. The molecule has 0 spiro atoms. The van der Waals surface area contributed by atoms with Crippen LogP contribution in [0.4, 0.5) is 11.4 Å². The lowest BCUT2D eigenvalue weighted by atomic mass is 10.2. The van der Waals surface area contributed by atoms with E-state index in [0.717, 1.165) is 11.3 Å². The van der Waals surface area contributed by atoms with Crippen molar-refractivity contribution in [2.24, 2.45) is 0 Å². The summed E-state index contributed by atoms with van der Waals surface area (Å²) in [6.07, 6.45) is 0.414. The molecule has 0 saturated heterocycles. The second-order valence-corrected chi connectivity index (χ2v) is 4.11. The quantitative estimate of drug-likeness (QED) is 0.502. The molecule has 0 saturated carbocycles. The Hall–Kier alpha value is -1.75. The Morgan fingerprint density at radius 1 is 1.39 bits per heavy atom. The topological polar surface area (TPSA) is 76.4 Å². The van der Waals surface area contributed by atoms with Gasteiger partial charge in [-0.15, -0.1) is 0 Å². The second-order valence-electron chi connectivity index (χ2n) is 4.11. The zero-order valence-corrected chi connectivity index (χ0v) is 11.0. The largest absolute Gasteiger partial charge is 0.397 e. The van der Waals surface area contributed by atoms with Crippen LogP contribution in [0.15, 0.2) is 18.2 Å². The molecule has 1 rings (SSSR count). The molecule has 1 amide bonds. The van der Waals surface area contributed by atoms with E-state index >= 15 is 0 Å². The van der Waals surface area contributed by atoms with E-state index in [0.29, 0.717) is 31.8 Å². The highest BCUT2D eigenvalue weighted by molar-refractivity contribution is 5.76. The minimum absolute atomic E-state index is 0.00535. The van der Waals surface area contributed by atoms with Gasteiger partial charge in [-0.2, -0.15) is 0 Å². The number of nitrogens with one attached hydrogen (secondary N) is 2. The first-order valence-corrected chi connectivity index (χ1v) is 5.99. The minimum atomic E-state index is 0.00535. The number of carbonyl (C=O) groups excluding carboxylic acids is 1. The third-order valence-corrected chi connectivity index (χ3v) is 2.50. The SMILES string of the molecule is COCCNC(=O)CCNc1cc(C)ccc1N. The Kier molecular flexibility index (Phi) is 6.00. The predicted molar refractivity (Wildman–Crippen MR) is 73.6 cm³/mol. The third-order valence-electron chi connectivity index (χ3n) is 2.50. The van der Waals surface area contributed by atoms with Crippen molar-refractivity contribution in [3.63, 3.8) is 0 Å². The molecule has 100 valence electrons. The van der Waals surface area contributed by atoms with E-state index in [1.165, 1.54) is 0 Å². The molecule has 0 unspecified atom stereocenters. The Labute approximate surface area is 108 Å². The first kappa shape index (κ1) is 14.3. The van der Waals surface area contributed by atoms with Crippen LogP contribution in [-0.4, -0.2) is 32.7 Å². The van der Waals surface area contributed by atoms with Crippen molar-refractivity contribution in [3.8, 4) is 0 Å². The average Bonchev–Trinajstić information content (AvgIpc) is 2.34. The van der Waals surface area contributed by atoms with Crippen LogP contribution in [0.3, 0.4) is 0 Å². The molecule has 1 aromatic rings. The number of carbonyl (C=O) groups is 1. The van der Waals surface area contributed by atoms with Gasteiger partial charge in [0.25, 0.3) is 0 Å². The maximum absolute atomic E-state index is 11.4. The highest BCUT2D eigenvalue weighted by Crippen LogP contribution is 2.19. The van der Waals surface area contributed by atoms with E-state index in [1.54, 1.807) is 7.11 Å². The van der Waals surface area contributed by atoms with E-state index in [-0.39, 0.29) is 5.91 Å². The third kappa shape index (κ3) is 5.05. The molecule has 0 fully saturated rings. The molecule has 4 N–H and O–H groups in total. The number of aryl methyl sites for hydroxylation is 1. The van der Waals surface area contributed by atoms with E-state index in [1.807, 2.05) is 25.1 Å². The predicted octanol–water partition coefficient (Wildman–Crippen LogP) is 1.14. The van der Waals surface area contributed by atoms with Gasteiger partial charge in [0, 0.05) is 26.6 Å². The molecule has 1 aromatic carbocycles. The van der Waals surface area contributed by atoms with Gasteiger partial charge in [0.1, 0.15) is 0 Å². The van der Waals surface area contributed by atoms with Crippen molar-refractivity contribution in [3.05, 3.63) is 23.8 Å². The number of anilines is 2. The number of rotatable bonds is 7. The summed E-state index contributed by atoms with van der Waals surface area (Å²) >= 11 is 0. The van der Waals surface area contributed by atoms with Gasteiger partial charge < -0.3 is 21.1 Å². The van der Waals surface area contributed by atoms with E-state index < -0.39 is 0 Å². The average molecular weight is 251 g/mol. The lowest BCUT2D eigenvalue weighted by Crippen LogP contribution is -2.28. The van der Waals surface area contributed by atoms with E-state index in [9.17, 15) is 4.79 Å². The molecular weight excluding hydrogens is 230 g/mol. The summed E-state index contributed by atoms with van der Waals surface area (Å²) < 4.78 is 4.85. The van der Waals surface area contributed by atoms with Crippen LogP contribution >= 0.6 is 0 Å². The van der Waals surface area contributed by atoms with Crippen LogP contribution in [0, 0.1) is 6.92 Å². The van der Waals surface area contributed by atoms with Crippen molar-refractivity contribution < 1.29 is 9.53 Å². The number of methoxy groups -OCH3 is 1. The Balaban J connectivity index is 2.28. The van der Waals surface area contributed by atoms with Crippen LogP contribution in [0.25, 0.3) is 0 Å². The van der Waals surface area contributed by atoms with Gasteiger partial charge in [0.05, 0.1) is 18.0 Å². The van der Waals surface area contributed by atoms with Gasteiger partial charge >= 0.3 is 0 Å². The molecule has 0 radical (unpaired) electrons. The van der Waals surface area contributed by atoms with Crippen LogP contribution in [0.1, 0.15) is 12.0 Å². The van der Waals surface area contributed by atoms with E-state index in [4.69, 9.17) is 10.5 Å². The fourth-order valence-corrected chi connectivity index (χ4v) is 1.51. The maximum atomic E-state index is 11.4. The summed E-state index contributed by atoms with van der Waals surface area (Å²) in [5.41, 5.74) is 8.53. The van der Waals surface area contributed by atoms with Gasteiger partial charge in [-0.25, -0.2) is 0 Å². The number of hydrogen-bond donors (Lipinski definition) is 3. The molecule has 0 heterocycles. The van der Waals surface area contributed by atoms with Crippen molar-refractivity contribution >= 4 is 17.3 Å². The number of nitrogen functional groups attached to an aromatic ring is 1. The fraction of sp³-hybridized carbons (Fsp3) is 0.462. The molecule has 0 aliphatic carbocycles. The van der Waals surface area contributed by atoms with Crippen LogP contribution in [0.5, 0.6) is 0 Å². The molecule has 0 aliphatic heterocycles. The minimum Gasteiger partial charge on any atom is -0.397 e. The second kappa shape index (κ2) is 7.55. The van der Waals surface area contributed by atoms with Crippen molar-refractivity contribution in [2.45, 2.75) is 13.3 Å². The lowest BCUT2D eigenvalue weighted by Gasteiger charge is -2.10. The van der Waals surface area contributed by atoms with Crippen LogP contribution in [-0.2, 0) is 9.53 Å². The van der Waals surface area contributed by atoms with Crippen LogP contribution < -0.4 is 16.4 Å².